The third kappa shape index (κ3) is 8.50. The van der Waals surface area contributed by atoms with Crippen LogP contribution in [-0.4, -0.2) is 67.2 Å². The molecule has 0 fully saturated rings. The molecule has 4 N–H and O–H groups in total. The van der Waals surface area contributed by atoms with Crippen LogP contribution in [0.15, 0.2) is 30.3 Å². The molecule has 2 amide bonds. The lowest BCUT2D eigenvalue weighted by atomic mass is 10.1. The van der Waals surface area contributed by atoms with Crippen LogP contribution in [-0.2, 0) is 22.4 Å². The highest BCUT2D eigenvalue weighted by Gasteiger charge is 2.22. The van der Waals surface area contributed by atoms with Crippen molar-refractivity contribution in [3.05, 3.63) is 51.5 Å². The largest absolute Gasteiger partial charge is 0.506 e. The number of fused-ring (bicyclic) bond motifs is 1. The third-order valence-corrected chi connectivity index (χ3v) is 7.20. The van der Waals surface area contributed by atoms with Gasteiger partial charge in [0.25, 0.3) is 5.91 Å². The fourth-order valence-corrected chi connectivity index (χ4v) is 4.48. The molecule has 1 aliphatic heterocycles. The number of anilines is 1. The molecule has 2 aromatic rings. The maximum absolute atomic E-state index is 12.9. The van der Waals surface area contributed by atoms with Crippen LogP contribution in [0.5, 0.6) is 11.5 Å². The van der Waals surface area contributed by atoms with Crippen molar-refractivity contribution in [2.24, 2.45) is 0 Å². The maximum Gasteiger partial charge on any atom is 0.262 e. The van der Waals surface area contributed by atoms with E-state index in [0.29, 0.717) is 60.5 Å². The van der Waals surface area contributed by atoms with Crippen molar-refractivity contribution in [2.45, 2.75) is 45.6 Å². The third-order valence-electron chi connectivity index (χ3n) is 6.46. The van der Waals surface area contributed by atoms with Crippen LogP contribution in [0.25, 0.3) is 0 Å². The Morgan fingerprint density at radius 3 is 2.62 bits per heavy atom. The van der Waals surface area contributed by atoms with Gasteiger partial charge in [-0.1, -0.05) is 42.3 Å². The van der Waals surface area contributed by atoms with Crippen LogP contribution in [0, 0.1) is 0 Å². The van der Waals surface area contributed by atoms with Gasteiger partial charge < -0.3 is 30.7 Å². The number of nitrogens with one attached hydrogen (secondary N) is 3. The summed E-state index contributed by atoms with van der Waals surface area (Å²) in [5.41, 5.74) is 2.33. The standard InChI is InChI=1S/C27H36Cl2N4O4/c1-3-18(2)33(25(36)10-13-30-11-8-19-4-6-21(28)22(29)16-19)15-14-31-12-9-20-5-7-23(34)26-27(20)37-17-24(35)32-26/h4-7,16,18,30-31,34H,3,8-15,17H2,1-2H3,(H,32,35). The lowest BCUT2D eigenvalue weighted by Crippen LogP contribution is -2.43. The predicted molar refractivity (Wildman–Crippen MR) is 148 cm³/mol. The Morgan fingerprint density at radius 1 is 1.11 bits per heavy atom. The molecule has 2 aromatic carbocycles. The molecule has 3 rings (SSSR count). The van der Waals surface area contributed by atoms with Gasteiger partial charge in [-0.05, 0) is 68.6 Å². The lowest BCUT2D eigenvalue weighted by Gasteiger charge is -2.29. The van der Waals surface area contributed by atoms with Crippen LogP contribution in [0.1, 0.15) is 37.8 Å². The highest BCUT2D eigenvalue weighted by molar-refractivity contribution is 6.42. The number of hydrogen-bond donors (Lipinski definition) is 4. The Kier molecular flexibility index (Phi) is 11.3. The van der Waals surface area contributed by atoms with Crippen LogP contribution in [0.3, 0.4) is 0 Å². The highest BCUT2D eigenvalue weighted by Crippen LogP contribution is 2.39. The summed E-state index contributed by atoms with van der Waals surface area (Å²) in [5.74, 6) is 0.361. The van der Waals surface area contributed by atoms with Crippen molar-refractivity contribution in [1.82, 2.24) is 15.5 Å². The molecule has 0 spiro atoms. The molecule has 0 aromatic heterocycles. The molecule has 0 saturated carbocycles. The van der Waals surface area contributed by atoms with Crippen LogP contribution in [0.2, 0.25) is 10.0 Å². The summed E-state index contributed by atoms with van der Waals surface area (Å²) in [7, 11) is 0. The molecule has 0 saturated heterocycles. The highest BCUT2D eigenvalue weighted by atomic mass is 35.5. The molecule has 1 atom stereocenters. The monoisotopic (exact) mass is 550 g/mol. The zero-order valence-electron chi connectivity index (χ0n) is 21.4. The van der Waals surface area contributed by atoms with Crippen molar-refractivity contribution >= 4 is 40.7 Å². The zero-order valence-corrected chi connectivity index (χ0v) is 22.9. The number of benzene rings is 2. The second-order valence-corrected chi connectivity index (χ2v) is 9.94. The average Bonchev–Trinajstić information content (AvgIpc) is 2.88. The number of phenols is 1. The van der Waals surface area contributed by atoms with Crippen molar-refractivity contribution in [3.63, 3.8) is 0 Å². The van der Waals surface area contributed by atoms with Crippen molar-refractivity contribution < 1.29 is 19.4 Å². The predicted octanol–water partition coefficient (Wildman–Crippen LogP) is 4.01. The molecule has 37 heavy (non-hydrogen) atoms. The fourth-order valence-electron chi connectivity index (χ4n) is 4.16. The first kappa shape index (κ1) is 29.0. The van der Waals surface area contributed by atoms with Crippen LogP contribution in [0.4, 0.5) is 5.69 Å². The summed E-state index contributed by atoms with van der Waals surface area (Å²) >= 11 is 12.0. The normalized spacial score (nSPS) is 13.5. The van der Waals surface area contributed by atoms with E-state index in [2.05, 4.69) is 29.8 Å². The summed E-state index contributed by atoms with van der Waals surface area (Å²) in [6.45, 7) is 7.43. The first-order valence-corrected chi connectivity index (χ1v) is 13.5. The molecule has 0 radical (unpaired) electrons. The van der Waals surface area contributed by atoms with Gasteiger partial charge in [0.2, 0.25) is 5.91 Å². The van der Waals surface area contributed by atoms with E-state index in [1.807, 2.05) is 17.0 Å². The van der Waals surface area contributed by atoms with Gasteiger partial charge in [-0.2, -0.15) is 0 Å². The Hall–Kier alpha value is -2.52. The number of amides is 2. The molecule has 0 bridgehead atoms. The second kappa shape index (κ2) is 14.4. The number of halogens is 2. The number of ether oxygens (including phenoxy) is 1. The molecule has 8 nitrogen and oxygen atoms in total. The molecule has 1 aliphatic rings. The number of carbonyl (C=O) groups is 2. The number of nitrogens with zero attached hydrogens (tertiary/aromatic N) is 1. The molecule has 202 valence electrons. The minimum atomic E-state index is -0.283. The second-order valence-electron chi connectivity index (χ2n) is 9.13. The topological polar surface area (TPSA) is 103 Å². The van der Waals surface area contributed by atoms with E-state index < -0.39 is 0 Å². The number of aromatic hydroxyl groups is 1. The Morgan fingerprint density at radius 2 is 1.86 bits per heavy atom. The van der Waals surface area contributed by atoms with Crippen molar-refractivity contribution in [3.8, 4) is 11.5 Å². The van der Waals surface area contributed by atoms with Gasteiger partial charge in [-0.25, -0.2) is 0 Å². The quantitative estimate of drug-likeness (QED) is 0.209. The van der Waals surface area contributed by atoms with Gasteiger partial charge in [-0.3, -0.25) is 9.59 Å². The first-order chi connectivity index (χ1) is 17.8. The minimum absolute atomic E-state index is 0.00803. The van der Waals surface area contributed by atoms with Gasteiger partial charge in [-0.15, -0.1) is 0 Å². The molecule has 10 heteroatoms. The van der Waals surface area contributed by atoms with Crippen molar-refractivity contribution in [2.75, 3.05) is 44.6 Å². The summed E-state index contributed by atoms with van der Waals surface area (Å²) in [5, 5.41) is 20.5. The smallest absolute Gasteiger partial charge is 0.262 e. The first-order valence-electron chi connectivity index (χ1n) is 12.7. The summed E-state index contributed by atoms with van der Waals surface area (Å²) in [4.78, 5) is 26.4. The lowest BCUT2D eigenvalue weighted by molar-refractivity contribution is -0.133. The maximum atomic E-state index is 12.9. The minimum Gasteiger partial charge on any atom is -0.506 e. The fraction of sp³-hybridized carbons (Fsp3) is 0.481. The molecular formula is C27H36Cl2N4O4. The number of rotatable bonds is 14. The van der Waals surface area contributed by atoms with E-state index in [1.54, 1.807) is 18.2 Å². The van der Waals surface area contributed by atoms with E-state index in [4.69, 9.17) is 27.9 Å². The van der Waals surface area contributed by atoms with E-state index in [0.717, 1.165) is 30.5 Å². The zero-order chi connectivity index (χ0) is 26.8. The summed E-state index contributed by atoms with van der Waals surface area (Å²) in [6, 6.07) is 9.15. The van der Waals surface area contributed by atoms with Gasteiger partial charge in [0.15, 0.2) is 12.4 Å². The Labute approximate surface area is 228 Å². The van der Waals surface area contributed by atoms with E-state index in [-0.39, 0.29) is 30.2 Å². The van der Waals surface area contributed by atoms with E-state index >= 15 is 0 Å². The summed E-state index contributed by atoms with van der Waals surface area (Å²) < 4.78 is 5.54. The number of hydrogen-bond acceptors (Lipinski definition) is 6. The Bertz CT molecular complexity index is 1080. The van der Waals surface area contributed by atoms with Gasteiger partial charge in [0, 0.05) is 32.1 Å². The SMILES string of the molecule is CCC(C)N(CCNCCc1ccc(O)c2c1OCC(=O)N2)C(=O)CCNCCc1ccc(Cl)c(Cl)c1. The van der Waals surface area contributed by atoms with Crippen LogP contribution < -0.4 is 20.7 Å². The number of phenolic OH excluding ortho intramolecular Hbond substituents is 1. The Balaban J connectivity index is 1.39. The van der Waals surface area contributed by atoms with Gasteiger partial charge in [0.05, 0.1) is 10.0 Å². The molecule has 1 unspecified atom stereocenters. The summed E-state index contributed by atoms with van der Waals surface area (Å²) in [6.07, 6.45) is 2.80. The molecule has 1 heterocycles. The average molecular weight is 552 g/mol. The molecular weight excluding hydrogens is 515 g/mol. The van der Waals surface area contributed by atoms with Gasteiger partial charge >= 0.3 is 0 Å². The molecule has 0 aliphatic carbocycles. The van der Waals surface area contributed by atoms with Gasteiger partial charge in [0.1, 0.15) is 11.4 Å². The van der Waals surface area contributed by atoms with Crippen molar-refractivity contribution in [1.29, 1.82) is 0 Å². The van der Waals surface area contributed by atoms with E-state index in [1.165, 1.54) is 0 Å². The van der Waals surface area contributed by atoms with Crippen LogP contribution >= 0.6 is 23.2 Å². The number of carbonyl (C=O) groups excluding carboxylic acids is 2. The van der Waals surface area contributed by atoms with E-state index in [9.17, 15) is 14.7 Å².